The minimum absolute atomic E-state index is 0.120. The van der Waals surface area contributed by atoms with Crippen LogP contribution in [0.5, 0.6) is 0 Å². The van der Waals surface area contributed by atoms with E-state index in [2.05, 4.69) is 18.2 Å². The van der Waals surface area contributed by atoms with Gasteiger partial charge >= 0.3 is 0 Å². The molecule has 2 saturated carbocycles. The number of hydrogen-bond acceptors (Lipinski definition) is 2. The van der Waals surface area contributed by atoms with Gasteiger partial charge in [-0.2, -0.15) is 5.10 Å². The maximum absolute atomic E-state index is 6.33. The normalized spacial score (nSPS) is 26.1. The summed E-state index contributed by atoms with van der Waals surface area (Å²) in [5, 5.41) is 4.34. The number of hydrogen-bond donors (Lipinski definition) is 1. The van der Waals surface area contributed by atoms with Crippen LogP contribution in [-0.2, 0) is 12.0 Å². The summed E-state index contributed by atoms with van der Waals surface area (Å²) < 4.78 is 2.00. The van der Waals surface area contributed by atoms with Crippen LogP contribution in [0, 0.1) is 0 Å². The van der Waals surface area contributed by atoms with Gasteiger partial charge < -0.3 is 5.73 Å². The molecular formula is C11H17N3. The van der Waals surface area contributed by atoms with E-state index in [-0.39, 0.29) is 5.54 Å². The van der Waals surface area contributed by atoms with E-state index in [4.69, 9.17) is 5.73 Å². The molecule has 1 heterocycles. The predicted octanol–water partition coefficient (Wildman–Crippen LogP) is 1.43. The zero-order valence-electron chi connectivity index (χ0n) is 8.66. The molecule has 0 aliphatic heterocycles. The van der Waals surface area contributed by atoms with E-state index < -0.39 is 0 Å². The van der Waals surface area contributed by atoms with Crippen LogP contribution in [0.15, 0.2) is 12.4 Å². The molecule has 14 heavy (non-hydrogen) atoms. The van der Waals surface area contributed by atoms with E-state index in [9.17, 15) is 0 Å². The van der Waals surface area contributed by atoms with Crippen LogP contribution in [0.2, 0.25) is 0 Å². The summed E-state index contributed by atoms with van der Waals surface area (Å²) in [4.78, 5) is 0. The minimum Gasteiger partial charge on any atom is -0.324 e. The Morgan fingerprint density at radius 3 is 2.57 bits per heavy atom. The third-order valence-corrected chi connectivity index (χ3v) is 4.00. The third-order valence-electron chi connectivity index (χ3n) is 4.00. The molecule has 0 amide bonds. The molecule has 76 valence electrons. The van der Waals surface area contributed by atoms with Crippen molar-refractivity contribution in [2.24, 2.45) is 5.73 Å². The van der Waals surface area contributed by atoms with E-state index in [1.165, 1.54) is 31.2 Å². The van der Waals surface area contributed by atoms with Crippen molar-refractivity contribution < 1.29 is 0 Å². The molecule has 2 aliphatic carbocycles. The van der Waals surface area contributed by atoms with E-state index >= 15 is 0 Å². The zero-order valence-corrected chi connectivity index (χ0v) is 8.66. The highest BCUT2D eigenvalue weighted by Crippen LogP contribution is 2.63. The summed E-state index contributed by atoms with van der Waals surface area (Å²) in [6.45, 7) is 3.07. The molecule has 1 aromatic rings. The van der Waals surface area contributed by atoms with E-state index in [1.807, 2.05) is 10.9 Å². The lowest BCUT2D eigenvalue weighted by Gasteiger charge is -2.20. The Labute approximate surface area is 84.3 Å². The van der Waals surface area contributed by atoms with E-state index in [0.29, 0.717) is 5.41 Å². The Kier molecular flexibility index (Phi) is 1.45. The summed E-state index contributed by atoms with van der Waals surface area (Å²) in [7, 11) is 0. The number of nitrogens with two attached hydrogens (primary N) is 1. The molecule has 2 N–H and O–H groups in total. The highest BCUT2D eigenvalue weighted by atomic mass is 15.3. The molecule has 2 aliphatic rings. The molecule has 0 bridgehead atoms. The van der Waals surface area contributed by atoms with Gasteiger partial charge in [-0.1, -0.05) is 0 Å². The molecule has 0 radical (unpaired) electrons. The van der Waals surface area contributed by atoms with Gasteiger partial charge in [-0.3, -0.25) is 4.68 Å². The van der Waals surface area contributed by atoms with Crippen molar-refractivity contribution in [2.75, 3.05) is 0 Å². The maximum Gasteiger partial charge on any atom is 0.0528 e. The van der Waals surface area contributed by atoms with Crippen molar-refractivity contribution in [3.05, 3.63) is 18.0 Å². The van der Waals surface area contributed by atoms with Gasteiger partial charge in [0.2, 0.25) is 0 Å². The average Bonchev–Trinajstić information content (AvgIpc) is 3.08. The van der Waals surface area contributed by atoms with Crippen LogP contribution in [0.4, 0.5) is 0 Å². The standard InChI is InChI=1S/C11H17N3/c1-2-14-8-9(7-13-14)10(3-4-10)11(12)5-6-11/h7-8H,2-6,12H2,1H3. The Balaban J connectivity index is 1.94. The van der Waals surface area contributed by atoms with Gasteiger partial charge in [-0.15, -0.1) is 0 Å². The fourth-order valence-corrected chi connectivity index (χ4v) is 2.60. The lowest BCUT2D eigenvalue weighted by atomic mass is 9.88. The minimum atomic E-state index is 0.120. The number of nitrogens with zero attached hydrogens (tertiary/aromatic N) is 2. The number of aromatic nitrogens is 2. The van der Waals surface area contributed by atoms with Crippen LogP contribution in [0.3, 0.4) is 0 Å². The molecule has 2 fully saturated rings. The maximum atomic E-state index is 6.33. The summed E-state index contributed by atoms with van der Waals surface area (Å²) >= 11 is 0. The van der Waals surface area contributed by atoms with E-state index in [0.717, 1.165) is 6.54 Å². The van der Waals surface area contributed by atoms with Crippen molar-refractivity contribution in [1.82, 2.24) is 9.78 Å². The first kappa shape index (κ1) is 8.48. The quantitative estimate of drug-likeness (QED) is 0.785. The Morgan fingerprint density at radius 1 is 1.43 bits per heavy atom. The van der Waals surface area contributed by atoms with Gasteiger partial charge in [0.25, 0.3) is 0 Å². The number of rotatable bonds is 3. The predicted molar refractivity (Wildman–Crippen MR) is 55.0 cm³/mol. The first-order chi connectivity index (χ1) is 6.70. The molecule has 1 aromatic heterocycles. The molecule has 3 rings (SSSR count). The van der Waals surface area contributed by atoms with Crippen LogP contribution in [0.1, 0.15) is 38.2 Å². The van der Waals surface area contributed by atoms with Gasteiger partial charge in [0, 0.05) is 23.7 Å². The summed E-state index contributed by atoms with van der Waals surface area (Å²) in [5.41, 5.74) is 8.13. The first-order valence-electron chi connectivity index (χ1n) is 5.52. The lowest BCUT2D eigenvalue weighted by molar-refractivity contribution is 0.502. The van der Waals surface area contributed by atoms with Crippen molar-refractivity contribution in [2.45, 2.75) is 50.1 Å². The van der Waals surface area contributed by atoms with Crippen LogP contribution < -0.4 is 5.73 Å². The van der Waals surface area contributed by atoms with Gasteiger partial charge in [0.05, 0.1) is 6.20 Å². The highest BCUT2D eigenvalue weighted by Gasteiger charge is 2.64. The van der Waals surface area contributed by atoms with Crippen molar-refractivity contribution in [1.29, 1.82) is 0 Å². The molecule has 3 nitrogen and oxygen atoms in total. The van der Waals surface area contributed by atoms with Gasteiger partial charge in [0.15, 0.2) is 0 Å². The molecule has 0 unspecified atom stereocenters. The molecule has 0 saturated heterocycles. The topological polar surface area (TPSA) is 43.8 Å². The van der Waals surface area contributed by atoms with Gasteiger partial charge in [0.1, 0.15) is 0 Å². The third kappa shape index (κ3) is 0.934. The van der Waals surface area contributed by atoms with Crippen molar-refractivity contribution in [3.63, 3.8) is 0 Å². The summed E-state index contributed by atoms with van der Waals surface area (Å²) in [6, 6.07) is 0. The second-order valence-electron chi connectivity index (χ2n) is 4.82. The van der Waals surface area contributed by atoms with Gasteiger partial charge in [-0.05, 0) is 38.2 Å². The first-order valence-corrected chi connectivity index (χ1v) is 5.52. The Bertz CT molecular complexity index is 358. The second-order valence-corrected chi connectivity index (χ2v) is 4.82. The van der Waals surface area contributed by atoms with Crippen LogP contribution >= 0.6 is 0 Å². The smallest absolute Gasteiger partial charge is 0.0528 e. The van der Waals surface area contributed by atoms with Crippen LogP contribution in [0.25, 0.3) is 0 Å². The average molecular weight is 191 g/mol. The fraction of sp³-hybridized carbons (Fsp3) is 0.727. The van der Waals surface area contributed by atoms with E-state index in [1.54, 1.807) is 0 Å². The van der Waals surface area contributed by atoms with Crippen LogP contribution in [-0.4, -0.2) is 15.3 Å². The molecule has 0 aromatic carbocycles. The highest BCUT2D eigenvalue weighted by molar-refractivity contribution is 5.38. The molecule has 0 spiro atoms. The van der Waals surface area contributed by atoms with Crippen molar-refractivity contribution in [3.8, 4) is 0 Å². The number of aryl methyl sites for hydroxylation is 1. The Hall–Kier alpha value is -0.830. The Morgan fingerprint density at radius 2 is 2.14 bits per heavy atom. The van der Waals surface area contributed by atoms with Gasteiger partial charge in [-0.25, -0.2) is 0 Å². The second kappa shape index (κ2) is 2.40. The molecular weight excluding hydrogens is 174 g/mol. The lowest BCUT2D eigenvalue weighted by Crippen LogP contribution is -2.37. The molecule has 0 atom stereocenters. The zero-order chi connectivity index (χ0) is 9.81. The molecule has 3 heteroatoms. The summed E-state index contributed by atoms with van der Waals surface area (Å²) in [5.74, 6) is 0. The monoisotopic (exact) mass is 191 g/mol. The fourth-order valence-electron chi connectivity index (χ4n) is 2.60. The largest absolute Gasteiger partial charge is 0.324 e. The van der Waals surface area contributed by atoms with Crippen molar-refractivity contribution >= 4 is 0 Å². The summed E-state index contributed by atoms with van der Waals surface area (Å²) in [6.07, 6.45) is 9.12. The SMILES string of the molecule is CCn1cc(C2(C3(N)CC3)CC2)cn1.